The maximum absolute atomic E-state index is 9.80. The van der Waals surface area contributed by atoms with Crippen molar-refractivity contribution in [3.05, 3.63) is 35.9 Å². The van der Waals surface area contributed by atoms with Crippen LogP contribution in [0.3, 0.4) is 0 Å². The maximum atomic E-state index is 9.80. The van der Waals surface area contributed by atoms with E-state index >= 15 is 0 Å². The van der Waals surface area contributed by atoms with Gasteiger partial charge in [-0.1, -0.05) is 30.3 Å². The Morgan fingerprint density at radius 3 is 2.50 bits per heavy atom. The van der Waals surface area contributed by atoms with E-state index in [4.69, 9.17) is 0 Å². The standard InChI is InChI=1S/C11H15NO2/c13-10-7-12-6-9(11(10)14)8-4-2-1-3-5-8/h1-5,9-14H,6-7H2. The zero-order valence-electron chi connectivity index (χ0n) is 7.93. The molecule has 3 nitrogen and oxygen atoms in total. The molecule has 0 amide bonds. The Morgan fingerprint density at radius 2 is 1.79 bits per heavy atom. The second-order valence-corrected chi connectivity index (χ2v) is 3.73. The largest absolute Gasteiger partial charge is 0.390 e. The number of piperidine rings is 1. The van der Waals surface area contributed by atoms with Crippen LogP contribution < -0.4 is 5.32 Å². The first-order valence-corrected chi connectivity index (χ1v) is 4.91. The van der Waals surface area contributed by atoms with Crippen LogP contribution >= 0.6 is 0 Å². The number of nitrogens with one attached hydrogen (secondary N) is 1. The van der Waals surface area contributed by atoms with Crippen molar-refractivity contribution in [2.45, 2.75) is 18.1 Å². The Balaban J connectivity index is 2.17. The molecule has 0 spiro atoms. The fourth-order valence-corrected chi connectivity index (χ4v) is 1.91. The van der Waals surface area contributed by atoms with Crippen LogP contribution in [0.15, 0.2) is 30.3 Å². The Kier molecular flexibility index (Phi) is 2.82. The SMILES string of the molecule is OC1CNCC(c2ccccc2)C1O. The van der Waals surface area contributed by atoms with E-state index < -0.39 is 12.2 Å². The van der Waals surface area contributed by atoms with Gasteiger partial charge in [-0.05, 0) is 5.56 Å². The van der Waals surface area contributed by atoms with Gasteiger partial charge in [-0.25, -0.2) is 0 Å². The van der Waals surface area contributed by atoms with E-state index in [1.54, 1.807) is 0 Å². The molecule has 1 aromatic rings. The Labute approximate surface area is 83.4 Å². The molecule has 1 saturated heterocycles. The molecule has 3 heteroatoms. The fourth-order valence-electron chi connectivity index (χ4n) is 1.91. The predicted octanol–water partition coefficient (Wildman–Crippen LogP) is 0.0952. The summed E-state index contributed by atoms with van der Waals surface area (Å²) in [5.74, 6) is -0.0000463. The van der Waals surface area contributed by atoms with E-state index in [9.17, 15) is 10.2 Å². The van der Waals surface area contributed by atoms with Gasteiger partial charge in [0.15, 0.2) is 0 Å². The molecule has 0 radical (unpaired) electrons. The van der Waals surface area contributed by atoms with E-state index in [1.165, 1.54) is 0 Å². The maximum Gasteiger partial charge on any atom is 0.0929 e. The lowest BCUT2D eigenvalue weighted by atomic mass is 9.87. The highest BCUT2D eigenvalue weighted by molar-refractivity contribution is 5.22. The van der Waals surface area contributed by atoms with Gasteiger partial charge in [-0.2, -0.15) is 0 Å². The molecule has 3 unspecified atom stereocenters. The smallest absolute Gasteiger partial charge is 0.0929 e. The molecule has 76 valence electrons. The quantitative estimate of drug-likeness (QED) is 0.592. The van der Waals surface area contributed by atoms with Crippen LogP contribution in [0.2, 0.25) is 0 Å². The third kappa shape index (κ3) is 1.80. The summed E-state index contributed by atoms with van der Waals surface area (Å²) in [6.45, 7) is 1.20. The second-order valence-electron chi connectivity index (χ2n) is 3.73. The highest BCUT2D eigenvalue weighted by Gasteiger charge is 2.30. The fraction of sp³-hybridized carbons (Fsp3) is 0.455. The highest BCUT2D eigenvalue weighted by Crippen LogP contribution is 2.23. The first-order valence-electron chi connectivity index (χ1n) is 4.91. The molecule has 1 fully saturated rings. The van der Waals surface area contributed by atoms with E-state index in [1.807, 2.05) is 30.3 Å². The van der Waals surface area contributed by atoms with Gasteiger partial charge in [0.05, 0.1) is 12.2 Å². The van der Waals surface area contributed by atoms with Crippen molar-refractivity contribution in [2.75, 3.05) is 13.1 Å². The number of benzene rings is 1. The average Bonchev–Trinajstić information content (AvgIpc) is 2.23. The molecule has 1 aliphatic heterocycles. The van der Waals surface area contributed by atoms with Gasteiger partial charge in [0, 0.05) is 19.0 Å². The number of rotatable bonds is 1. The topological polar surface area (TPSA) is 52.5 Å². The second kappa shape index (κ2) is 4.09. The van der Waals surface area contributed by atoms with Crippen molar-refractivity contribution in [2.24, 2.45) is 0 Å². The minimum atomic E-state index is -0.658. The van der Waals surface area contributed by atoms with Crippen molar-refractivity contribution in [3.63, 3.8) is 0 Å². The van der Waals surface area contributed by atoms with Crippen LogP contribution in [0.5, 0.6) is 0 Å². The molecule has 0 aliphatic carbocycles. The van der Waals surface area contributed by atoms with Gasteiger partial charge in [-0.15, -0.1) is 0 Å². The summed E-state index contributed by atoms with van der Waals surface area (Å²) in [6.07, 6.45) is -1.31. The lowest BCUT2D eigenvalue weighted by molar-refractivity contribution is -0.0133. The van der Waals surface area contributed by atoms with Crippen LogP contribution in [0.4, 0.5) is 0 Å². The zero-order valence-corrected chi connectivity index (χ0v) is 7.93. The van der Waals surface area contributed by atoms with Gasteiger partial charge in [0.25, 0.3) is 0 Å². The minimum absolute atomic E-state index is 0.0000463. The first-order chi connectivity index (χ1) is 6.79. The summed E-state index contributed by atoms with van der Waals surface area (Å²) >= 11 is 0. The third-order valence-electron chi connectivity index (χ3n) is 2.75. The number of β-amino-alcohol motifs (C(OH)–C–C–N with tert-alkyl or cyclic N) is 1. The number of aliphatic hydroxyl groups is 2. The lowest BCUT2D eigenvalue weighted by Gasteiger charge is -2.32. The summed E-state index contributed by atoms with van der Waals surface area (Å²) in [6, 6.07) is 9.80. The van der Waals surface area contributed by atoms with Crippen molar-refractivity contribution >= 4 is 0 Å². The molecular weight excluding hydrogens is 178 g/mol. The Hall–Kier alpha value is -0.900. The van der Waals surface area contributed by atoms with E-state index in [-0.39, 0.29) is 5.92 Å². The molecule has 2 rings (SSSR count). The molecule has 3 atom stereocenters. The van der Waals surface area contributed by atoms with Crippen LogP contribution in [-0.4, -0.2) is 35.5 Å². The summed E-state index contributed by atoms with van der Waals surface area (Å²) in [4.78, 5) is 0. The number of hydrogen-bond donors (Lipinski definition) is 3. The van der Waals surface area contributed by atoms with Gasteiger partial charge < -0.3 is 15.5 Å². The molecule has 0 aromatic heterocycles. The number of aliphatic hydroxyl groups excluding tert-OH is 2. The summed E-state index contributed by atoms with van der Waals surface area (Å²) < 4.78 is 0. The van der Waals surface area contributed by atoms with Gasteiger partial charge in [-0.3, -0.25) is 0 Å². The van der Waals surface area contributed by atoms with Crippen LogP contribution in [-0.2, 0) is 0 Å². The van der Waals surface area contributed by atoms with Gasteiger partial charge in [0.2, 0.25) is 0 Å². The van der Waals surface area contributed by atoms with Gasteiger partial charge in [0.1, 0.15) is 0 Å². The third-order valence-corrected chi connectivity index (χ3v) is 2.75. The Morgan fingerprint density at radius 1 is 1.07 bits per heavy atom. The van der Waals surface area contributed by atoms with Crippen molar-refractivity contribution in [1.29, 1.82) is 0 Å². The molecule has 1 heterocycles. The minimum Gasteiger partial charge on any atom is -0.390 e. The van der Waals surface area contributed by atoms with Crippen LogP contribution in [0.1, 0.15) is 11.5 Å². The van der Waals surface area contributed by atoms with E-state index in [0.717, 1.165) is 12.1 Å². The van der Waals surface area contributed by atoms with Crippen molar-refractivity contribution < 1.29 is 10.2 Å². The van der Waals surface area contributed by atoms with Gasteiger partial charge >= 0.3 is 0 Å². The molecule has 1 aliphatic rings. The van der Waals surface area contributed by atoms with Crippen molar-refractivity contribution in [1.82, 2.24) is 5.32 Å². The van der Waals surface area contributed by atoms with E-state index in [2.05, 4.69) is 5.32 Å². The van der Waals surface area contributed by atoms with Crippen LogP contribution in [0.25, 0.3) is 0 Å². The highest BCUT2D eigenvalue weighted by atomic mass is 16.3. The summed E-state index contributed by atoms with van der Waals surface area (Å²) in [7, 11) is 0. The number of hydrogen-bond acceptors (Lipinski definition) is 3. The normalized spacial score (nSPS) is 32.9. The molecule has 1 aromatic carbocycles. The first kappa shape index (κ1) is 9.65. The molecule has 3 N–H and O–H groups in total. The predicted molar refractivity (Wildman–Crippen MR) is 54.1 cm³/mol. The molecule has 0 saturated carbocycles. The summed E-state index contributed by atoms with van der Waals surface area (Å²) in [5, 5.41) is 22.4. The van der Waals surface area contributed by atoms with Crippen molar-refractivity contribution in [3.8, 4) is 0 Å². The lowest BCUT2D eigenvalue weighted by Crippen LogP contribution is -2.49. The zero-order chi connectivity index (χ0) is 9.97. The molecule has 0 bridgehead atoms. The van der Waals surface area contributed by atoms with Crippen LogP contribution in [0, 0.1) is 0 Å². The van der Waals surface area contributed by atoms with E-state index in [0.29, 0.717) is 6.54 Å². The Bertz CT molecular complexity index is 289. The average molecular weight is 193 g/mol. The summed E-state index contributed by atoms with van der Waals surface area (Å²) in [5.41, 5.74) is 1.08. The molecule has 14 heavy (non-hydrogen) atoms. The monoisotopic (exact) mass is 193 g/mol. The molecular formula is C11H15NO2.